The maximum absolute atomic E-state index is 13.5. The summed E-state index contributed by atoms with van der Waals surface area (Å²) in [7, 11) is 0. The predicted molar refractivity (Wildman–Crippen MR) is 133 cm³/mol. The highest BCUT2D eigenvalue weighted by Gasteiger charge is 2.48. The molecule has 33 heavy (non-hydrogen) atoms. The van der Waals surface area contributed by atoms with Gasteiger partial charge in [-0.25, -0.2) is 14.8 Å². The van der Waals surface area contributed by atoms with Crippen LogP contribution in [-0.2, 0) is 9.53 Å². The minimum atomic E-state index is -0.655. The summed E-state index contributed by atoms with van der Waals surface area (Å²) < 4.78 is 5.39. The molecule has 3 atom stereocenters. The second-order valence-electron chi connectivity index (χ2n) is 9.93. The first kappa shape index (κ1) is 28.7. The Morgan fingerprint density at radius 1 is 0.970 bits per heavy atom. The van der Waals surface area contributed by atoms with E-state index in [2.05, 4.69) is 20.2 Å². The molecule has 3 heterocycles. The average molecular weight is 464 g/mol. The molecule has 8 nitrogen and oxygen atoms in total. The lowest BCUT2D eigenvalue weighted by Crippen LogP contribution is -2.56. The quantitative estimate of drug-likeness (QED) is 0.702. The number of likely N-dealkylation sites (tertiary alicyclic amines) is 1. The summed E-state index contributed by atoms with van der Waals surface area (Å²) in [5.74, 6) is 0.667. The van der Waals surface area contributed by atoms with E-state index in [9.17, 15) is 9.59 Å². The minimum absolute atomic E-state index is 0.0494. The molecule has 188 valence electrons. The molecule has 0 aromatic carbocycles. The van der Waals surface area contributed by atoms with Crippen molar-refractivity contribution >= 4 is 17.9 Å². The van der Waals surface area contributed by atoms with Crippen molar-refractivity contribution in [1.29, 1.82) is 0 Å². The molecule has 8 heteroatoms. The van der Waals surface area contributed by atoms with Crippen LogP contribution in [0.4, 0.5) is 10.7 Å². The van der Waals surface area contributed by atoms with E-state index in [0.717, 1.165) is 19.4 Å². The average Bonchev–Trinajstić information content (AvgIpc) is 3.35. The van der Waals surface area contributed by atoms with E-state index in [1.54, 1.807) is 18.5 Å². The molecule has 2 aliphatic rings. The Bertz CT molecular complexity index is 743. The number of rotatable bonds is 3. The van der Waals surface area contributed by atoms with Crippen molar-refractivity contribution in [2.45, 2.75) is 106 Å². The lowest BCUT2D eigenvalue weighted by molar-refractivity contribution is -0.137. The molecule has 1 N–H and O–H groups in total. The number of carbonyl (C=O) groups is 2. The van der Waals surface area contributed by atoms with Crippen molar-refractivity contribution in [3.05, 3.63) is 18.5 Å². The number of carbonyl (C=O) groups excluding carboxylic acids is 2. The van der Waals surface area contributed by atoms with Gasteiger partial charge in [0, 0.05) is 25.5 Å². The van der Waals surface area contributed by atoms with E-state index in [0.29, 0.717) is 12.5 Å². The first-order valence-corrected chi connectivity index (χ1v) is 12.3. The highest BCUT2D eigenvalue weighted by molar-refractivity contribution is 5.87. The van der Waals surface area contributed by atoms with Crippen molar-refractivity contribution in [1.82, 2.24) is 20.2 Å². The van der Waals surface area contributed by atoms with E-state index in [1.807, 2.05) is 74.1 Å². The molecule has 1 aromatic rings. The molecule has 1 aromatic heterocycles. The van der Waals surface area contributed by atoms with Crippen LogP contribution in [0.1, 0.15) is 82.1 Å². The summed E-state index contributed by atoms with van der Waals surface area (Å²) in [6.07, 6.45) is 4.67. The molecule has 0 radical (unpaired) electrons. The topological polar surface area (TPSA) is 87.7 Å². The number of nitrogens with one attached hydrogen (secondary N) is 1. The highest BCUT2D eigenvalue weighted by Crippen LogP contribution is 2.35. The number of ether oxygens (including phenoxy) is 1. The zero-order valence-corrected chi connectivity index (χ0v) is 22.3. The van der Waals surface area contributed by atoms with Crippen molar-refractivity contribution in [2.75, 3.05) is 18.0 Å². The Morgan fingerprint density at radius 2 is 1.52 bits per heavy atom. The SMILES string of the molecule is CC.CC.CC(C)(C)OC(=O)NC(C(=O)N1CCC2C1CCN2c1ncccn1)C(C)(C)C. The van der Waals surface area contributed by atoms with Gasteiger partial charge in [0.2, 0.25) is 11.9 Å². The molecule has 0 bridgehead atoms. The van der Waals surface area contributed by atoms with Crippen molar-refractivity contribution < 1.29 is 14.3 Å². The minimum Gasteiger partial charge on any atom is -0.444 e. The smallest absolute Gasteiger partial charge is 0.408 e. The molecular weight excluding hydrogens is 418 g/mol. The Morgan fingerprint density at radius 3 is 2.03 bits per heavy atom. The number of fused-ring (bicyclic) bond motifs is 1. The van der Waals surface area contributed by atoms with Crippen molar-refractivity contribution in [3.8, 4) is 0 Å². The molecule has 2 fully saturated rings. The molecule has 3 rings (SSSR count). The predicted octanol–water partition coefficient (Wildman–Crippen LogP) is 4.65. The van der Waals surface area contributed by atoms with Crippen LogP contribution in [0.5, 0.6) is 0 Å². The summed E-state index contributed by atoms with van der Waals surface area (Å²) in [6.45, 7) is 20.8. The van der Waals surface area contributed by atoms with Gasteiger partial charge in [-0.1, -0.05) is 48.5 Å². The molecule has 0 spiro atoms. The van der Waals surface area contributed by atoms with Crippen LogP contribution in [0, 0.1) is 5.41 Å². The molecule has 0 aliphatic carbocycles. The van der Waals surface area contributed by atoms with E-state index in [4.69, 9.17) is 4.74 Å². The van der Waals surface area contributed by atoms with E-state index >= 15 is 0 Å². The first-order chi connectivity index (χ1) is 15.5. The molecule has 2 amide bonds. The van der Waals surface area contributed by atoms with E-state index in [-0.39, 0.29) is 18.0 Å². The number of nitrogens with zero attached hydrogens (tertiary/aromatic N) is 4. The molecule has 0 saturated carbocycles. The van der Waals surface area contributed by atoms with Gasteiger partial charge in [0.1, 0.15) is 11.6 Å². The van der Waals surface area contributed by atoms with Gasteiger partial charge in [-0.05, 0) is 45.1 Å². The third kappa shape index (κ3) is 7.57. The van der Waals surface area contributed by atoms with Crippen LogP contribution < -0.4 is 10.2 Å². The van der Waals surface area contributed by atoms with Gasteiger partial charge in [-0.3, -0.25) is 4.79 Å². The summed E-state index contributed by atoms with van der Waals surface area (Å²) in [5, 5.41) is 2.82. The van der Waals surface area contributed by atoms with Gasteiger partial charge in [0.25, 0.3) is 0 Å². The second-order valence-corrected chi connectivity index (χ2v) is 9.93. The van der Waals surface area contributed by atoms with Crippen LogP contribution >= 0.6 is 0 Å². The molecule has 2 saturated heterocycles. The van der Waals surface area contributed by atoms with E-state index < -0.39 is 23.2 Å². The molecule has 2 aliphatic heterocycles. The molecular formula is C25H45N5O3. The monoisotopic (exact) mass is 463 g/mol. The normalized spacial score (nSPS) is 20.5. The third-order valence-electron chi connectivity index (χ3n) is 5.44. The Labute approximate surface area is 200 Å². The summed E-state index contributed by atoms with van der Waals surface area (Å²) in [4.78, 5) is 38.7. The highest BCUT2D eigenvalue weighted by atomic mass is 16.6. The summed E-state index contributed by atoms with van der Waals surface area (Å²) >= 11 is 0. The largest absolute Gasteiger partial charge is 0.444 e. The third-order valence-corrected chi connectivity index (χ3v) is 5.44. The Hall–Kier alpha value is -2.38. The lowest BCUT2D eigenvalue weighted by Gasteiger charge is -2.36. The van der Waals surface area contributed by atoms with Crippen molar-refractivity contribution in [3.63, 3.8) is 0 Å². The number of hydrogen-bond acceptors (Lipinski definition) is 6. The van der Waals surface area contributed by atoms with Gasteiger partial charge in [0.05, 0.1) is 12.1 Å². The standard InChI is InChI=1S/C21H33N5O3.2C2H6/c1-20(2,3)16(24-19(28)29-21(4,5)6)17(27)25-12-8-15-14(25)9-13-26(15)18-22-10-7-11-23-18;2*1-2/h7,10-11,14-16H,8-9,12-13H2,1-6H3,(H,24,28);2*1-2H3. The fourth-order valence-electron chi connectivity index (χ4n) is 4.19. The Balaban J connectivity index is 0.00000129. The van der Waals surface area contributed by atoms with Gasteiger partial charge in [0.15, 0.2) is 0 Å². The van der Waals surface area contributed by atoms with Gasteiger partial charge in [-0.15, -0.1) is 0 Å². The zero-order chi connectivity index (χ0) is 25.4. The number of anilines is 1. The molecule has 3 unspecified atom stereocenters. The number of aromatic nitrogens is 2. The van der Waals surface area contributed by atoms with Crippen LogP contribution in [-0.4, -0.2) is 63.7 Å². The van der Waals surface area contributed by atoms with Crippen LogP contribution in [0.15, 0.2) is 18.5 Å². The van der Waals surface area contributed by atoms with Crippen LogP contribution in [0.3, 0.4) is 0 Å². The second kappa shape index (κ2) is 12.2. The van der Waals surface area contributed by atoms with Gasteiger partial charge in [-0.2, -0.15) is 0 Å². The Kier molecular flexibility index (Phi) is 10.6. The maximum atomic E-state index is 13.5. The van der Waals surface area contributed by atoms with Gasteiger partial charge < -0.3 is 19.9 Å². The van der Waals surface area contributed by atoms with Crippen LogP contribution in [0.25, 0.3) is 0 Å². The van der Waals surface area contributed by atoms with Crippen molar-refractivity contribution in [2.24, 2.45) is 5.41 Å². The number of alkyl carbamates (subject to hydrolysis) is 1. The summed E-state index contributed by atoms with van der Waals surface area (Å²) in [5.41, 5.74) is -1.05. The van der Waals surface area contributed by atoms with E-state index in [1.165, 1.54) is 0 Å². The fourth-order valence-corrected chi connectivity index (χ4v) is 4.19. The fraction of sp³-hybridized carbons (Fsp3) is 0.760. The van der Waals surface area contributed by atoms with Crippen LogP contribution in [0.2, 0.25) is 0 Å². The summed E-state index contributed by atoms with van der Waals surface area (Å²) in [6, 6.07) is 1.47. The maximum Gasteiger partial charge on any atom is 0.408 e. The first-order valence-electron chi connectivity index (χ1n) is 12.3. The number of hydrogen-bond donors (Lipinski definition) is 1. The zero-order valence-electron chi connectivity index (χ0n) is 22.3. The van der Waals surface area contributed by atoms with Gasteiger partial charge >= 0.3 is 6.09 Å². The number of amides is 2. The lowest BCUT2D eigenvalue weighted by atomic mass is 9.85.